The van der Waals surface area contributed by atoms with Crippen LogP contribution in [0.2, 0.25) is 0 Å². The summed E-state index contributed by atoms with van der Waals surface area (Å²) >= 11 is 0. The number of anilines is 1. The first-order valence-electron chi connectivity index (χ1n) is 13.9. The van der Waals surface area contributed by atoms with Gasteiger partial charge in [-0.3, -0.25) is 9.97 Å². The van der Waals surface area contributed by atoms with Gasteiger partial charge in [-0.05, 0) is 42.4 Å². The van der Waals surface area contributed by atoms with E-state index in [1.807, 2.05) is 47.4 Å². The number of methoxy groups -OCH3 is 2. The molecule has 5 heterocycles. The van der Waals surface area contributed by atoms with E-state index in [-0.39, 0.29) is 24.2 Å². The molecule has 3 aromatic heterocycles. The first-order chi connectivity index (χ1) is 20.1. The van der Waals surface area contributed by atoms with E-state index in [9.17, 15) is 4.79 Å². The van der Waals surface area contributed by atoms with Crippen LogP contribution in [0.4, 0.5) is 10.6 Å². The number of fused-ring (bicyclic) bond motifs is 1. The van der Waals surface area contributed by atoms with Gasteiger partial charge in [0.1, 0.15) is 18.2 Å². The van der Waals surface area contributed by atoms with E-state index in [2.05, 4.69) is 14.9 Å². The van der Waals surface area contributed by atoms with Gasteiger partial charge >= 0.3 is 6.09 Å². The monoisotopic (exact) mass is 554 g/mol. The van der Waals surface area contributed by atoms with Gasteiger partial charge in [-0.15, -0.1) is 0 Å². The van der Waals surface area contributed by atoms with Crippen molar-refractivity contribution in [2.24, 2.45) is 5.41 Å². The predicted molar refractivity (Wildman–Crippen MR) is 155 cm³/mol. The molecule has 41 heavy (non-hydrogen) atoms. The zero-order valence-corrected chi connectivity index (χ0v) is 23.4. The number of amides is 1. The third-order valence-electron chi connectivity index (χ3n) is 8.25. The molecule has 0 bridgehead atoms. The van der Waals surface area contributed by atoms with Crippen molar-refractivity contribution in [3.05, 3.63) is 72.8 Å². The molecule has 2 aliphatic rings. The van der Waals surface area contributed by atoms with Crippen LogP contribution in [0, 0.1) is 5.41 Å². The second kappa shape index (κ2) is 11.7. The van der Waals surface area contributed by atoms with Crippen molar-refractivity contribution in [1.82, 2.24) is 24.8 Å². The maximum absolute atomic E-state index is 13.2. The minimum Gasteiger partial charge on any atom is -0.494 e. The molecule has 6 rings (SSSR count). The zero-order valence-electron chi connectivity index (χ0n) is 23.4. The quantitative estimate of drug-likeness (QED) is 0.320. The number of ether oxygens (including phenoxy) is 3. The third kappa shape index (κ3) is 5.52. The van der Waals surface area contributed by atoms with Gasteiger partial charge in [-0.25, -0.2) is 14.8 Å². The topological polar surface area (TPSA) is 103 Å². The molecule has 0 aliphatic carbocycles. The highest BCUT2D eigenvalue weighted by Crippen LogP contribution is 2.45. The average molecular weight is 555 g/mol. The number of piperidine rings is 1. The number of hydrogen-bond donors (Lipinski definition) is 0. The SMILES string of the molecule is COCC1CC2(CCN(c3nc(-c4ccncc4)nc4cncc(OC)c34)CC2)CN1C(=O)OCc1ccccc1. The third-order valence-corrected chi connectivity index (χ3v) is 8.25. The predicted octanol–water partition coefficient (Wildman–Crippen LogP) is 4.74. The standard InChI is InChI=1S/C31H34N6O4/c1-39-20-24-16-31(21-37(24)30(38)41-19-22-6-4-3-5-7-22)10-14-36(15-11-31)29-27-25(17-33-18-26(27)40-2)34-28(35-29)23-8-12-32-13-9-23/h3-9,12-13,17-18,24H,10-11,14-16,19-21H2,1-2H3. The zero-order chi connectivity index (χ0) is 28.2. The van der Waals surface area contributed by atoms with Crippen molar-refractivity contribution < 1.29 is 19.0 Å². The normalized spacial score (nSPS) is 18.1. The van der Waals surface area contributed by atoms with Gasteiger partial charge in [0.2, 0.25) is 0 Å². The molecule has 1 amide bonds. The number of nitrogens with zero attached hydrogens (tertiary/aromatic N) is 6. The van der Waals surface area contributed by atoms with Gasteiger partial charge in [0, 0.05) is 44.7 Å². The van der Waals surface area contributed by atoms with Gasteiger partial charge in [0.15, 0.2) is 5.82 Å². The molecule has 2 aliphatic heterocycles. The number of likely N-dealkylation sites (tertiary alicyclic amines) is 1. The summed E-state index contributed by atoms with van der Waals surface area (Å²) in [6, 6.07) is 13.6. The molecule has 10 heteroatoms. The van der Waals surface area contributed by atoms with Crippen LogP contribution in [0.15, 0.2) is 67.3 Å². The van der Waals surface area contributed by atoms with Crippen LogP contribution in [-0.4, -0.2) is 77.4 Å². The van der Waals surface area contributed by atoms with Crippen LogP contribution in [0.3, 0.4) is 0 Å². The number of benzene rings is 1. The molecule has 4 aromatic rings. The molecule has 0 N–H and O–H groups in total. The summed E-state index contributed by atoms with van der Waals surface area (Å²) in [4.78, 5) is 35.7. The number of hydrogen-bond acceptors (Lipinski definition) is 9. The van der Waals surface area contributed by atoms with Crippen LogP contribution in [0.1, 0.15) is 24.8 Å². The first-order valence-corrected chi connectivity index (χ1v) is 13.9. The van der Waals surface area contributed by atoms with E-state index >= 15 is 0 Å². The lowest BCUT2D eigenvalue weighted by Gasteiger charge is -2.40. The van der Waals surface area contributed by atoms with E-state index in [0.717, 1.165) is 60.2 Å². The highest BCUT2D eigenvalue weighted by Gasteiger charge is 2.48. The van der Waals surface area contributed by atoms with Gasteiger partial charge in [0.25, 0.3) is 0 Å². The highest BCUT2D eigenvalue weighted by atomic mass is 16.6. The van der Waals surface area contributed by atoms with E-state index in [4.69, 9.17) is 24.2 Å². The van der Waals surface area contributed by atoms with Crippen molar-refractivity contribution in [3.8, 4) is 17.1 Å². The van der Waals surface area contributed by atoms with Crippen LogP contribution in [0.5, 0.6) is 5.75 Å². The summed E-state index contributed by atoms with van der Waals surface area (Å²) in [6.45, 7) is 2.98. The molecule has 0 saturated carbocycles. The van der Waals surface area contributed by atoms with Crippen LogP contribution >= 0.6 is 0 Å². The molecule has 212 valence electrons. The Morgan fingerprint density at radius 3 is 2.51 bits per heavy atom. The van der Waals surface area contributed by atoms with Gasteiger partial charge in [-0.2, -0.15) is 0 Å². The number of rotatable bonds is 7. The minimum absolute atomic E-state index is 0.00608. The van der Waals surface area contributed by atoms with Crippen molar-refractivity contribution in [1.29, 1.82) is 0 Å². The lowest BCUT2D eigenvalue weighted by atomic mass is 9.76. The molecule has 1 spiro atoms. The largest absolute Gasteiger partial charge is 0.494 e. The number of carbonyl (C=O) groups excluding carboxylic acids is 1. The summed E-state index contributed by atoms with van der Waals surface area (Å²) in [5.41, 5.74) is 2.59. The molecule has 1 atom stereocenters. The Labute approximate surface area is 239 Å². The fourth-order valence-electron chi connectivity index (χ4n) is 6.13. The molecule has 1 unspecified atom stereocenters. The molecule has 2 fully saturated rings. The Kier molecular flexibility index (Phi) is 7.65. The van der Waals surface area contributed by atoms with E-state index in [0.29, 0.717) is 24.7 Å². The van der Waals surface area contributed by atoms with Gasteiger partial charge in [0.05, 0.1) is 43.1 Å². The maximum atomic E-state index is 13.2. The summed E-state index contributed by atoms with van der Waals surface area (Å²) in [5.74, 6) is 2.10. The fourth-order valence-corrected chi connectivity index (χ4v) is 6.13. The van der Waals surface area contributed by atoms with Crippen LogP contribution in [0.25, 0.3) is 22.3 Å². The number of pyridine rings is 2. The fraction of sp³-hybridized carbons (Fsp3) is 0.387. The first kappa shape index (κ1) is 26.9. The Morgan fingerprint density at radius 2 is 1.78 bits per heavy atom. The summed E-state index contributed by atoms with van der Waals surface area (Å²) in [7, 11) is 3.33. The lowest BCUT2D eigenvalue weighted by molar-refractivity contribution is 0.0688. The smallest absolute Gasteiger partial charge is 0.410 e. The molecule has 1 aromatic carbocycles. The van der Waals surface area contributed by atoms with Crippen molar-refractivity contribution in [2.75, 3.05) is 45.4 Å². The summed E-state index contributed by atoms with van der Waals surface area (Å²) in [5, 5.41) is 0.853. The summed E-state index contributed by atoms with van der Waals surface area (Å²) in [6.07, 6.45) is 9.38. The molecular formula is C31H34N6O4. The second-order valence-electron chi connectivity index (χ2n) is 10.8. The Hall–Kier alpha value is -4.31. The van der Waals surface area contributed by atoms with E-state index < -0.39 is 0 Å². The minimum atomic E-state index is -0.281. The number of carbonyl (C=O) groups is 1. The Morgan fingerprint density at radius 1 is 1.00 bits per heavy atom. The van der Waals surface area contributed by atoms with E-state index in [1.165, 1.54) is 0 Å². The number of aromatic nitrogens is 4. The average Bonchev–Trinajstić information content (AvgIpc) is 3.37. The lowest BCUT2D eigenvalue weighted by Crippen LogP contribution is -2.43. The van der Waals surface area contributed by atoms with Gasteiger partial charge < -0.3 is 24.0 Å². The van der Waals surface area contributed by atoms with Crippen molar-refractivity contribution in [2.45, 2.75) is 31.9 Å². The van der Waals surface area contributed by atoms with Gasteiger partial charge in [-0.1, -0.05) is 30.3 Å². The maximum Gasteiger partial charge on any atom is 0.410 e. The van der Waals surface area contributed by atoms with E-state index in [1.54, 1.807) is 39.0 Å². The van der Waals surface area contributed by atoms with Crippen LogP contribution in [-0.2, 0) is 16.1 Å². The highest BCUT2D eigenvalue weighted by molar-refractivity contribution is 5.95. The molecule has 2 saturated heterocycles. The Bertz CT molecular complexity index is 1500. The van der Waals surface area contributed by atoms with Crippen molar-refractivity contribution in [3.63, 3.8) is 0 Å². The summed E-state index contributed by atoms with van der Waals surface area (Å²) < 4.78 is 16.9. The molecular weight excluding hydrogens is 520 g/mol. The Balaban J connectivity index is 1.23. The van der Waals surface area contributed by atoms with Crippen LogP contribution < -0.4 is 9.64 Å². The second-order valence-corrected chi connectivity index (χ2v) is 10.8. The molecule has 0 radical (unpaired) electrons. The molecule has 10 nitrogen and oxygen atoms in total. The van der Waals surface area contributed by atoms with Crippen molar-refractivity contribution >= 4 is 22.8 Å².